The van der Waals surface area contributed by atoms with Crippen LogP contribution >= 0.6 is 0 Å². The highest BCUT2D eigenvalue weighted by Gasteiger charge is 2.49. The van der Waals surface area contributed by atoms with Gasteiger partial charge in [0.25, 0.3) is 0 Å². The van der Waals surface area contributed by atoms with Crippen LogP contribution in [0.4, 0.5) is 0 Å². The van der Waals surface area contributed by atoms with E-state index in [0.29, 0.717) is 42.3 Å². The van der Waals surface area contributed by atoms with Gasteiger partial charge in [0, 0.05) is 50.1 Å². The Hall–Kier alpha value is -0.770. The molecule has 0 aromatic carbocycles. The first-order valence-corrected chi connectivity index (χ1v) is 13.7. The standard InChI is InChI=1S/C25H49N7O/c1-17(2)32-24-22(16-30-32)21(25(33)29-15-18-6-9-27-10-7-18)13-23(31-24)20-5-3-4-19(12-20)14-28-11-8-26/h17-24,27-28,30-31H,3-16,26H2,1-2H3,(H,29,33). The van der Waals surface area contributed by atoms with E-state index in [0.717, 1.165) is 51.6 Å². The largest absolute Gasteiger partial charge is 0.356 e. The molecule has 8 nitrogen and oxygen atoms in total. The number of nitrogens with two attached hydrogens (primary N) is 1. The van der Waals surface area contributed by atoms with Gasteiger partial charge in [-0.05, 0) is 89.8 Å². The summed E-state index contributed by atoms with van der Waals surface area (Å²) in [4.78, 5) is 13.5. The number of fused-ring (bicyclic) bond motifs is 1. The lowest BCUT2D eigenvalue weighted by Gasteiger charge is -2.46. The Morgan fingerprint density at radius 2 is 1.91 bits per heavy atom. The van der Waals surface area contributed by atoms with E-state index in [1.807, 2.05) is 0 Å². The zero-order chi connectivity index (χ0) is 23.2. The van der Waals surface area contributed by atoms with Gasteiger partial charge in [0.2, 0.25) is 5.91 Å². The molecule has 3 heterocycles. The quantitative estimate of drug-likeness (QED) is 0.278. The molecule has 0 bridgehead atoms. The molecular formula is C25H49N7O. The van der Waals surface area contributed by atoms with E-state index in [2.05, 4.69) is 45.5 Å². The molecule has 8 heteroatoms. The van der Waals surface area contributed by atoms with Gasteiger partial charge in [0.05, 0.1) is 6.17 Å². The van der Waals surface area contributed by atoms with Crippen molar-refractivity contribution < 1.29 is 4.79 Å². The van der Waals surface area contributed by atoms with Crippen LogP contribution in [0.25, 0.3) is 0 Å². The average Bonchev–Trinajstić information content (AvgIpc) is 3.27. The molecule has 1 amide bonds. The fourth-order valence-corrected chi connectivity index (χ4v) is 6.82. The molecule has 190 valence electrons. The zero-order valence-electron chi connectivity index (χ0n) is 21.0. The van der Waals surface area contributed by atoms with Crippen molar-refractivity contribution >= 4 is 5.91 Å². The molecule has 7 N–H and O–H groups in total. The van der Waals surface area contributed by atoms with Crippen LogP contribution < -0.4 is 32.4 Å². The van der Waals surface area contributed by atoms with E-state index in [1.54, 1.807) is 0 Å². The minimum absolute atomic E-state index is 0.0926. The van der Waals surface area contributed by atoms with Gasteiger partial charge < -0.3 is 21.7 Å². The summed E-state index contributed by atoms with van der Waals surface area (Å²) in [5, 5.41) is 16.7. The van der Waals surface area contributed by atoms with Crippen LogP contribution in [0.1, 0.15) is 58.8 Å². The number of hydrogen-bond donors (Lipinski definition) is 6. The van der Waals surface area contributed by atoms with Crippen LogP contribution in [-0.2, 0) is 4.79 Å². The molecule has 0 radical (unpaired) electrons. The molecule has 4 rings (SSSR count). The maximum Gasteiger partial charge on any atom is 0.223 e. The third-order valence-corrected chi connectivity index (χ3v) is 8.69. The topological polar surface area (TPSA) is 106 Å². The van der Waals surface area contributed by atoms with E-state index in [9.17, 15) is 4.79 Å². The van der Waals surface area contributed by atoms with Crippen LogP contribution in [0.15, 0.2) is 0 Å². The van der Waals surface area contributed by atoms with E-state index < -0.39 is 0 Å². The summed E-state index contributed by atoms with van der Waals surface area (Å²) >= 11 is 0. The van der Waals surface area contributed by atoms with E-state index >= 15 is 0 Å². The Balaban J connectivity index is 1.40. The number of hydrazine groups is 1. The fourth-order valence-electron chi connectivity index (χ4n) is 6.82. The van der Waals surface area contributed by atoms with Crippen molar-refractivity contribution in [2.45, 2.75) is 77.0 Å². The van der Waals surface area contributed by atoms with Crippen molar-refractivity contribution in [1.29, 1.82) is 0 Å². The third-order valence-electron chi connectivity index (χ3n) is 8.69. The minimum Gasteiger partial charge on any atom is -0.356 e. The second-order valence-electron chi connectivity index (χ2n) is 11.3. The molecule has 0 aromatic rings. The first kappa shape index (κ1) is 25.3. The summed E-state index contributed by atoms with van der Waals surface area (Å²) in [5.41, 5.74) is 9.28. The van der Waals surface area contributed by atoms with E-state index in [4.69, 9.17) is 5.73 Å². The van der Waals surface area contributed by atoms with Gasteiger partial charge in [0.1, 0.15) is 0 Å². The summed E-state index contributed by atoms with van der Waals surface area (Å²) in [6.45, 7) is 11.1. The number of carbonyl (C=O) groups is 1. The summed E-state index contributed by atoms with van der Waals surface area (Å²) in [6.07, 6.45) is 8.70. The fraction of sp³-hybridized carbons (Fsp3) is 0.960. The molecule has 1 saturated carbocycles. The zero-order valence-corrected chi connectivity index (χ0v) is 21.0. The van der Waals surface area contributed by atoms with Crippen molar-refractivity contribution in [3.8, 4) is 0 Å². The molecule has 0 spiro atoms. The molecule has 3 saturated heterocycles. The predicted octanol–water partition coefficient (Wildman–Crippen LogP) is 0.606. The molecule has 6 unspecified atom stereocenters. The predicted molar refractivity (Wildman–Crippen MR) is 133 cm³/mol. The number of piperidine rings is 2. The normalized spacial score (nSPS) is 36.1. The Kier molecular flexibility index (Phi) is 9.42. The molecule has 6 atom stereocenters. The van der Waals surface area contributed by atoms with Gasteiger partial charge in [-0.15, -0.1) is 0 Å². The van der Waals surface area contributed by atoms with E-state index in [1.165, 1.54) is 38.5 Å². The molecule has 1 aliphatic carbocycles. The highest BCUT2D eigenvalue weighted by Crippen LogP contribution is 2.39. The van der Waals surface area contributed by atoms with Gasteiger partial charge in [-0.25, -0.2) is 5.01 Å². The van der Waals surface area contributed by atoms with Crippen molar-refractivity contribution in [3.63, 3.8) is 0 Å². The van der Waals surface area contributed by atoms with Crippen LogP contribution in [0.3, 0.4) is 0 Å². The smallest absolute Gasteiger partial charge is 0.223 e. The monoisotopic (exact) mass is 463 g/mol. The summed E-state index contributed by atoms with van der Waals surface area (Å²) in [5.74, 6) is 2.72. The molecule has 33 heavy (non-hydrogen) atoms. The molecule has 0 aromatic heterocycles. The van der Waals surface area contributed by atoms with Crippen molar-refractivity contribution in [3.05, 3.63) is 0 Å². The summed E-state index contributed by atoms with van der Waals surface area (Å²) in [6, 6.07) is 0.823. The lowest BCUT2D eigenvalue weighted by Crippen LogP contribution is -2.62. The number of nitrogens with one attached hydrogen (secondary N) is 5. The second kappa shape index (κ2) is 12.3. The molecule has 3 aliphatic heterocycles. The average molecular weight is 464 g/mol. The highest BCUT2D eigenvalue weighted by atomic mass is 16.1. The Labute approximate surface area is 200 Å². The Bertz CT molecular complexity index is 612. The molecular weight excluding hydrogens is 414 g/mol. The number of hydrogen-bond acceptors (Lipinski definition) is 7. The number of nitrogens with zero attached hydrogens (tertiary/aromatic N) is 1. The Morgan fingerprint density at radius 1 is 1.09 bits per heavy atom. The lowest BCUT2D eigenvalue weighted by molar-refractivity contribution is -0.129. The summed E-state index contributed by atoms with van der Waals surface area (Å²) in [7, 11) is 0. The maximum absolute atomic E-state index is 13.5. The van der Waals surface area contributed by atoms with Crippen molar-refractivity contribution in [1.82, 2.24) is 31.7 Å². The second-order valence-corrected chi connectivity index (χ2v) is 11.3. The van der Waals surface area contributed by atoms with Crippen molar-refractivity contribution in [2.24, 2.45) is 35.3 Å². The number of rotatable bonds is 9. The van der Waals surface area contributed by atoms with Gasteiger partial charge >= 0.3 is 0 Å². The number of amides is 1. The first-order chi connectivity index (χ1) is 16.1. The van der Waals surface area contributed by atoms with E-state index in [-0.39, 0.29) is 12.1 Å². The Morgan fingerprint density at radius 3 is 2.67 bits per heavy atom. The van der Waals surface area contributed by atoms with Gasteiger partial charge in [-0.3, -0.25) is 15.5 Å². The van der Waals surface area contributed by atoms with Crippen LogP contribution in [0.2, 0.25) is 0 Å². The highest BCUT2D eigenvalue weighted by molar-refractivity contribution is 5.79. The molecule has 4 fully saturated rings. The van der Waals surface area contributed by atoms with Gasteiger partial charge in [0.15, 0.2) is 0 Å². The third kappa shape index (κ3) is 6.47. The van der Waals surface area contributed by atoms with Crippen LogP contribution in [0.5, 0.6) is 0 Å². The lowest BCUT2D eigenvalue weighted by atomic mass is 9.71. The first-order valence-electron chi connectivity index (χ1n) is 13.7. The van der Waals surface area contributed by atoms with Crippen molar-refractivity contribution in [2.75, 3.05) is 45.8 Å². The van der Waals surface area contributed by atoms with Crippen LogP contribution in [-0.4, -0.2) is 75.0 Å². The van der Waals surface area contributed by atoms with Crippen LogP contribution in [0, 0.1) is 29.6 Å². The summed E-state index contributed by atoms with van der Waals surface area (Å²) < 4.78 is 0. The minimum atomic E-state index is 0.0926. The SMILES string of the molecule is CC(C)N1NCC2C(C(=O)NCC3CCNCC3)CC(C3CCCC(CNCCN)C3)NC21. The molecule has 4 aliphatic rings. The number of carbonyl (C=O) groups excluding carboxylic acids is 1. The van der Waals surface area contributed by atoms with Gasteiger partial charge in [-0.1, -0.05) is 6.42 Å². The van der Waals surface area contributed by atoms with Gasteiger partial charge in [-0.2, -0.15) is 0 Å². The maximum atomic E-state index is 13.5.